The zero-order valence-corrected chi connectivity index (χ0v) is 10.0. The summed E-state index contributed by atoms with van der Waals surface area (Å²) in [6, 6.07) is 6.40. The van der Waals surface area contributed by atoms with Crippen LogP contribution in [0, 0.1) is 17.1 Å². The Hall–Kier alpha value is -2.19. The van der Waals surface area contributed by atoms with Crippen LogP contribution in [0.2, 0.25) is 0 Å². The highest BCUT2D eigenvalue weighted by molar-refractivity contribution is 5.32. The Bertz CT molecular complexity index is 583. The first-order chi connectivity index (χ1) is 8.69. The van der Waals surface area contributed by atoms with Gasteiger partial charge in [0.2, 0.25) is 0 Å². The number of halogens is 1. The lowest BCUT2D eigenvalue weighted by Gasteiger charge is -2.05. The molecule has 0 spiro atoms. The van der Waals surface area contributed by atoms with Gasteiger partial charge in [0.25, 0.3) is 0 Å². The van der Waals surface area contributed by atoms with E-state index in [0.29, 0.717) is 24.2 Å². The fourth-order valence-electron chi connectivity index (χ4n) is 1.66. The van der Waals surface area contributed by atoms with E-state index in [1.54, 1.807) is 23.0 Å². The summed E-state index contributed by atoms with van der Waals surface area (Å²) in [5.74, 6) is -0.354. The standard InChI is InChI=1S/C13H13FN4/c1-18-9-11(7-17-18)6-16-8-12-3-2-10(5-15)4-13(12)14/h2-4,7,9,16H,6,8H2,1H3. The average molecular weight is 244 g/mol. The van der Waals surface area contributed by atoms with Gasteiger partial charge in [0.1, 0.15) is 5.82 Å². The molecule has 0 bridgehead atoms. The van der Waals surface area contributed by atoms with E-state index in [9.17, 15) is 4.39 Å². The van der Waals surface area contributed by atoms with Crippen molar-refractivity contribution in [2.45, 2.75) is 13.1 Å². The molecule has 0 saturated heterocycles. The van der Waals surface area contributed by atoms with Crippen LogP contribution >= 0.6 is 0 Å². The second-order valence-electron chi connectivity index (χ2n) is 4.04. The molecule has 1 N–H and O–H groups in total. The van der Waals surface area contributed by atoms with Crippen molar-refractivity contribution in [3.63, 3.8) is 0 Å². The van der Waals surface area contributed by atoms with Gasteiger partial charge in [0.15, 0.2) is 0 Å². The zero-order chi connectivity index (χ0) is 13.0. The van der Waals surface area contributed by atoms with Crippen LogP contribution in [0.1, 0.15) is 16.7 Å². The van der Waals surface area contributed by atoms with Crippen molar-refractivity contribution in [3.05, 3.63) is 53.1 Å². The second kappa shape index (κ2) is 5.43. The third-order valence-corrected chi connectivity index (χ3v) is 2.59. The zero-order valence-electron chi connectivity index (χ0n) is 10.0. The minimum absolute atomic E-state index is 0.337. The molecule has 0 amide bonds. The molecule has 0 saturated carbocycles. The van der Waals surface area contributed by atoms with Crippen molar-refractivity contribution in [2.24, 2.45) is 7.05 Å². The molecule has 0 atom stereocenters. The molecule has 0 aliphatic heterocycles. The Morgan fingerprint density at radius 1 is 1.44 bits per heavy atom. The van der Waals surface area contributed by atoms with E-state index in [0.717, 1.165) is 5.56 Å². The molecule has 5 heteroatoms. The molecule has 18 heavy (non-hydrogen) atoms. The summed E-state index contributed by atoms with van der Waals surface area (Å²) in [6.45, 7) is 1.06. The largest absolute Gasteiger partial charge is 0.308 e. The predicted octanol–water partition coefficient (Wildman–Crippen LogP) is 1.72. The summed E-state index contributed by atoms with van der Waals surface area (Å²) in [7, 11) is 1.85. The maximum Gasteiger partial charge on any atom is 0.129 e. The predicted molar refractivity (Wildman–Crippen MR) is 64.9 cm³/mol. The van der Waals surface area contributed by atoms with E-state index in [2.05, 4.69) is 10.4 Å². The molecule has 1 aromatic heterocycles. The number of rotatable bonds is 4. The molecule has 1 heterocycles. The van der Waals surface area contributed by atoms with Gasteiger partial charge in [-0.25, -0.2) is 4.39 Å². The normalized spacial score (nSPS) is 10.3. The van der Waals surface area contributed by atoms with E-state index >= 15 is 0 Å². The Labute approximate surface area is 105 Å². The van der Waals surface area contributed by atoms with Crippen molar-refractivity contribution in [2.75, 3.05) is 0 Å². The highest BCUT2D eigenvalue weighted by Gasteiger charge is 2.03. The summed E-state index contributed by atoms with van der Waals surface area (Å²) < 4.78 is 15.3. The van der Waals surface area contributed by atoms with Crippen LogP contribution in [-0.2, 0) is 20.1 Å². The lowest BCUT2D eigenvalue weighted by Crippen LogP contribution is -2.13. The van der Waals surface area contributed by atoms with Crippen LogP contribution in [0.15, 0.2) is 30.6 Å². The van der Waals surface area contributed by atoms with Crippen LogP contribution in [0.5, 0.6) is 0 Å². The van der Waals surface area contributed by atoms with Crippen molar-refractivity contribution < 1.29 is 4.39 Å². The lowest BCUT2D eigenvalue weighted by atomic mass is 10.1. The summed E-state index contributed by atoms with van der Waals surface area (Å²) in [5, 5.41) is 15.8. The van der Waals surface area contributed by atoms with Gasteiger partial charge in [0.05, 0.1) is 17.8 Å². The lowest BCUT2D eigenvalue weighted by molar-refractivity contribution is 0.587. The van der Waals surface area contributed by atoms with Gasteiger partial charge >= 0.3 is 0 Å². The number of nitrogens with zero attached hydrogens (tertiary/aromatic N) is 3. The van der Waals surface area contributed by atoms with E-state index in [4.69, 9.17) is 5.26 Å². The van der Waals surface area contributed by atoms with Gasteiger partial charge in [-0.2, -0.15) is 10.4 Å². The molecule has 2 aromatic rings. The van der Waals surface area contributed by atoms with Gasteiger partial charge in [-0.05, 0) is 12.1 Å². The average Bonchev–Trinajstić information content (AvgIpc) is 2.77. The maximum atomic E-state index is 13.6. The van der Waals surface area contributed by atoms with Crippen molar-refractivity contribution in [1.82, 2.24) is 15.1 Å². The molecule has 4 nitrogen and oxygen atoms in total. The van der Waals surface area contributed by atoms with Gasteiger partial charge < -0.3 is 5.32 Å². The number of nitrogens with one attached hydrogen (secondary N) is 1. The van der Waals surface area contributed by atoms with E-state index in [1.165, 1.54) is 6.07 Å². The number of aromatic nitrogens is 2. The SMILES string of the molecule is Cn1cc(CNCc2ccc(C#N)cc2F)cn1. The van der Waals surface area contributed by atoms with Crippen LogP contribution in [0.4, 0.5) is 4.39 Å². The van der Waals surface area contributed by atoms with Gasteiger partial charge in [-0.15, -0.1) is 0 Å². The van der Waals surface area contributed by atoms with Crippen LogP contribution < -0.4 is 5.32 Å². The Morgan fingerprint density at radius 3 is 2.89 bits per heavy atom. The minimum atomic E-state index is -0.354. The van der Waals surface area contributed by atoms with Crippen LogP contribution in [-0.4, -0.2) is 9.78 Å². The highest BCUT2D eigenvalue weighted by Crippen LogP contribution is 2.09. The fourth-order valence-corrected chi connectivity index (χ4v) is 1.66. The third kappa shape index (κ3) is 2.93. The molecule has 0 aliphatic rings. The van der Waals surface area contributed by atoms with E-state index in [1.807, 2.05) is 19.3 Å². The molecular weight excluding hydrogens is 231 g/mol. The first-order valence-corrected chi connectivity index (χ1v) is 5.56. The van der Waals surface area contributed by atoms with Crippen molar-refractivity contribution in [1.29, 1.82) is 5.26 Å². The number of hydrogen-bond donors (Lipinski definition) is 1. The summed E-state index contributed by atoms with van der Waals surface area (Å²) >= 11 is 0. The first kappa shape index (κ1) is 12.3. The Morgan fingerprint density at radius 2 is 2.28 bits per heavy atom. The molecule has 0 radical (unpaired) electrons. The molecular formula is C13H13FN4. The summed E-state index contributed by atoms with van der Waals surface area (Å²) in [4.78, 5) is 0. The number of aryl methyl sites for hydroxylation is 1. The first-order valence-electron chi connectivity index (χ1n) is 5.56. The number of nitriles is 1. The Kier molecular flexibility index (Phi) is 3.70. The smallest absolute Gasteiger partial charge is 0.129 e. The molecule has 1 aromatic carbocycles. The molecule has 0 aliphatic carbocycles. The van der Waals surface area contributed by atoms with Crippen molar-refractivity contribution >= 4 is 0 Å². The topological polar surface area (TPSA) is 53.6 Å². The summed E-state index contributed by atoms with van der Waals surface area (Å²) in [5.41, 5.74) is 1.94. The van der Waals surface area contributed by atoms with Crippen LogP contribution in [0.3, 0.4) is 0 Å². The van der Waals surface area contributed by atoms with Gasteiger partial charge in [-0.3, -0.25) is 4.68 Å². The Balaban J connectivity index is 1.92. The van der Waals surface area contributed by atoms with E-state index < -0.39 is 0 Å². The monoisotopic (exact) mass is 244 g/mol. The maximum absolute atomic E-state index is 13.6. The fraction of sp³-hybridized carbons (Fsp3) is 0.231. The molecule has 92 valence electrons. The summed E-state index contributed by atoms with van der Waals surface area (Å²) in [6.07, 6.45) is 3.67. The molecule has 2 rings (SSSR count). The molecule has 0 unspecified atom stereocenters. The second-order valence-corrected chi connectivity index (χ2v) is 4.04. The van der Waals surface area contributed by atoms with E-state index in [-0.39, 0.29) is 5.82 Å². The highest BCUT2D eigenvalue weighted by atomic mass is 19.1. The van der Waals surface area contributed by atoms with Gasteiger partial charge in [0, 0.05) is 37.5 Å². The minimum Gasteiger partial charge on any atom is -0.308 e. The van der Waals surface area contributed by atoms with Crippen molar-refractivity contribution in [3.8, 4) is 6.07 Å². The van der Waals surface area contributed by atoms with Crippen LogP contribution in [0.25, 0.3) is 0 Å². The molecule has 0 fully saturated rings. The number of hydrogen-bond acceptors (Lipinski definition) is 3. The third-order valence-electron chi connectivity index (χ3n) is 2.59. The number of benzene rings is 1. The van der Waals surface area contributed by atoms with Gasteiger partial charge in [-0.1, -0.05) is 6.07 Å². The quantitative estimate of drug-likeness (QED) is 0.891.